The first-order chi connectivity index (χ1) is 4.30. The minimum Gasteiger partial charge on any atom is -0.543 e. The van der Waals surface area contributed by atoms with E-state index in [1.807, 2.05) is 0 Å². The quantitative estimate of drug-likeness (QED) is 0.484. The first-order valence-corrected chi connectivity index (χ1v) is 2.43. The highest BCUT2D eigenvalue weighted by Crippen LogP contribution is 1.88. The van der Waals surface area contributed by atoms with Crippen molar-refractivity contribution in [3.8, 4) is 0 Å². The number of halogens is 1. The monoisotopic (exact) mass is 249 g/mol. The van der Waals surface area contributed by atoms with Gasteiger partial charge in [-0.05, 0) is 12.1 Å². The van der Waals surface area contributed by atoms with Gasteiger partial charge in [0.2, 0.25) is 0 Å². The molecule has 0 fully saturated rings. The molecule has 10 heavy (non-hydrogen) atoms. The van der Waals surface area contributed by atoms with Crippen molar-refractivity contribution in [2.75, 3.05) is 0 Å². The first-order valence-electron chi connectivity index (χ1n) is 2.43. The summed E-state index contributed by atoms with van der Waals surface area (Å²) in [4.78, 5) is 13.5. The Morgan fingerprint density at radius 2 is 2.20 bits per heavy atom. The first kappa shape index (κ1) is 9.35. The van der Waals surface area contributed by atoms with Crippen molar-refractivity contribution in [1.29, 1.82) is 0 Å². The number of carboxylic acid groups (broad SMARTS) is 1. The summed E-state index contributed by atoms with van der Waals surface area (Å²) in [6.07, 6.45) is 1.41. The summed E-state index contributed by atoms with van der Waals surface area (Å²) in [6, 6.07) is 4.62. The van der Waals surface area contributed by atoms with Crippen molar-refractivity contribution in [3.63, 3.8) is 0 Å². The minimum atomic E-state index is -1.24. The zero-order valence-electron chi connectivity index (χ0n) is 4.95. The fourth-order valence-corrected chi connectivity index (χ4v) is 0.484. The van der Waals surface area contributed by atoms with Crippen LogP contribution in [0.15, 0.2) is 24.4 Å². The molecule has 1 rings (SSSR count). The Hall–Kier alpha value is -0.650. The molecule has 0 aromatic carbocycles. The standard InChI is InChI=1S/C6H5NO2.I/c8-6(9)5-3-1-2-4-7-5;/h1-4H,(H,8,9);/q;+1/p-1. The molecule has 0 saturated heterocycles. The van der Waals surface area contributed by atoms with Crippen LogP contribution in [0, 0.1) is 0 Å². The summed E-state index contributed by atoms with van der Waals surface area (Å²) in [5.74, 6) is -1.24. The van der Waals surface area contributed by atoms with E-state index < -0.39 is 5.97 Å². The van der Waals surface area contributed by atoms with Crippen molar-refractivity contribution in [3.05, 3.63) is 30.1 Å². The van der Waals surface area contributed by atoms with Crippen LogP contribution in [0.5, 0.6) is 0 Å². The summed E-state index contributed by atoms with van der Waals surface area (Å²) in [7, 11) is 0. The second-order valence-corrected chi connectivity index (χ2v) is 1.50. The van der Waals surface area contributed by atoms with Crippen LogP contribution in [0.25, 0.3) is 0 Å². The topological polar surface area (TPSA) is 53.0 Å². The van der Waals surface area contributed by atoms with E-state index in [2.05, 4.69) is 4.98 Å². The fourth-order valence-electron chi connectivity index (χ4n) is 0.484. The molecular formula is C6H4INO2. The molecule has 2 radical (unpaired) electrons. The Balaban J connectivity index is 0.000000810. The van der Waals surface area contributed by atoms with Crippen LogP contribution in [0.1, 0.15) is 10.5 Å². The zero-order chi connectivity index (χ0) is 6.69. The molecule has 0 atom stereocenters. The number of nitrogens with zero attached hydrogens (tertiary/aromatic N) is 1. The molecule has 0 unspecified atom stereocenters. The molecular weight excluding hydrogens is 245 g/mol. The molecule has 0 aliphatic heterocycles. The van der Waals surface area contributed by atoms with Gasteiger partial charge in [-0.25, -0.2) is 0 Å². The van der Waals surface area contributed by atoms with E-state index in [0.717, 1.165) is 0 Å². The summed E-state index contributed by atoms with van der Waals surface area (Å²) in [5, 5.41) is 10.0. The van der Waals surface area contributed by atoms with Gasteiger partial charge in [-0.1, -0.05) is 6.07 Å². The van der Waals surface area contributed by atoms with Crippen LogP contribution in [-0.2, 0) is 0 Å². The highest BCUT2D eigenvalue weighted by molar-refractivity contribution is 5.83. The Labute approximate surface area is 75.1 Å². The molecule has 0 spiro atoms. The molecule has 0 bridgehead atoms. The van der Waals surface area contributed by atoms with E-state index >= 15 is 0 Å². The molecule has 3 nitrogen and oxygen atoms in total. The smallest absolute Gasteiger partial charge is 0.543 e. The van der Waals surface area contributed by atoms with Crippen LogP contribution in [0.2, 0.25) is 0 Å². The highest BCUT2D eigenvalue weighted by Gasteiger charge is 1.87. The van der Waals surface area contributed by atoms with Gasteiger partial charge in [0, 0.05) is 6.20 Å². The average molecular weight is 249 g/mol. The van der Waals surface area contributed by atoms with Gasteiger partial charge >= 0.3 is 24.0 Å². The SMILES string of the molecule is O=C([O-])c1ccccn1.[I+]. The second-order valence-electron chi connectivity index (χ2n) is 1.50. The van der Waals surface area contributed by atoms with Gasteiger partial charge in [-0.15, -0.1) is 0 Å². The number of carboxylic acids is 1. The van der Waals surface area contributed by atoms with Crippen LogP contribution < -0.4 is 29.1 Å². The maximum absolute atomic E-state index is 10.0. The van der Waals surface area contributed by atoms with E-state index in [-0.39, 0.29) is 29.7 Å². The molecule has 52 valence electrons. The van der Waals surface area contributed by atoms with Crippen molar-refractivity contribution in [2.24, 2.45) is 0 Å². The summed E-state index contributed by atoms with van der Waals surface area (Å²) in [6.45, 7) is 0. The molecule has 0 N–H and O–H groups in total. The Bertz CT molecular complexity index is 212. The normalized spacial score (nSPS) is 8.00. The third-order valence-corrected chi connectivity index (χ3v) is 0.874. The Kier molecular flexibility index (Phi) is 3.94. The average Bonchev–Trinajstić information content (AvgIpc) is 1.90. The van der Waals surface area contributed by atoms with E-state index in [9.17, 15) is 9.90 Å². The van der Waals surface area contributed by atoms with Gasteiger partial charge in [-0.3, -0.25) is 4.98 Å². The molecule has 1 aromatic heterocycles. The lowest BCUT2D eigenvalue weighted by Gasteiger charge is -1.96. The van der Waals surface area contributed by atoms with Gasteiger partial charge in [0.25, 0.3) is 0 Å². The molecule has 0 saturated carbocycles. The molecule has 0 aliphatic rings. The van der Waals surface area contributed by atoms with Crippen LogP contribution in [-0.4, -0.2) is 11.0 Å². The second kappa shape index (κ2) is 4.21. The molecule has 4 heteroatoms. The summed E-state index contributed by atoms with van der Waals surface area (Å²) in [5.41, 5.74) is -0.0301. The molecule has 0 amide bonds. The predicted octanol–water partition coefficient (Wildman–Crippen LogP) is -3.55. The minimum absolute atomic E-state index is 0. The third-order valence-electron chi connectivity index (χ3n) is 0.874. The largest absolute Gasteiger partial charge is 1.00 e. The number of pyridine rings is 1. The van der Waals surface area contributed by atoms with Crippen molar-refractivity contribution < 1.29 is 33.9 Å². The summed E-state index contributed by atoms with van der Waals surface area (Å²) >= 11 is 0. The van der Waals surface area contributed by atoms with Crippen molar-refractivity contribution >= 4 is 5.97 Å². The maximum atomic E-state index is 10.0. The van der Waals surface area contributed by atoms with Gasteiger partial charge < -0.3 is 9.90 Å². The van der Waals surface area contributed by atoms with Crippen molar-refractivity contribution in [1.82, 2.24) is 4.98 Å². The number of hydrogen-bond acceptors (Lipinski definition) is 3. The number of carbonyl (C=O) groups excluding carboxylic acids is 1. The van der Waals surface area contributed by atoms with Gasteiger partial charge in [0.05, 0.1) is 11.7 Å². The lowest BCUT2D eigenvalue weighted by Crippen LogP contribution is -3.00. The van der Waals surface area contributed by atoms with Crippen molar-refractivity contribution in [2.45, 2.75) is 0 Å². The number of aromatic carboxylic acids is 1. The Morgan fingerprint density at radius 1 is 1.50 bits per heavy atom. The number of hydrogen-bond donors (Lipinski definition) is 0. The van der Waals surface area contributed by atoms with Crippen LogP contribution >= 0.6 is 0 Å². The lowest BCUT2D eigenvalue weighted by atomic mass is 10.4. The Morgan fingerprint density at radius 3 is 2.50 bits per heavy atom. The molecule has 1 heterocycles. The number of rotatable bonds is 1. The van der Waals surface area contributed by atoms with Gasteiger partial charge in [0.1, 0.15) is 0 Å². The predicted molar refractivity (Wildman–Crippen MR) is 28.6 cm³/mol. The number of aromatic nitrogens is 1. The van der Waals surface area contributed by atoms with Gasteiger partial charge in [-0.2, -0.15) is 0 Å². The lowest BCUT2D eigenvalue weighted by molar-refractivity contribution is -0.255. The van der Waals surface area contributed by atoms with E-state index in [1.54, 1.807) is 12.1 Å². The molecule has 0 aliphatic carbocycles. The maximum Gasteiger partial charge on any atom is 1.00 e. The fraction of sp³-hybridized carbons (Fsp3) is 0. The van der Waals surface area contributed by atoms with E-state index in [4.69, 9.17) is 0 Å². The zero-order valence-corrected chi connectivity index (χ0v) is 7.11. The molecule has 1 aromatic rings. The van der Waals surface area contributed by atoms with E-state index in [0.29, 0.717) is 0 Å². The number of carbonyl (C=O) groups is 1. The van der Waals surface area contributed by atoms with Gasteiger partial charge in [0.15, 0.2) is 0 Å². The summed E-state index contributed by atoms with van der Waals surface area (Å²) < 4.78 is 0. The highest BCUT2D eigenvalue weighted by atomic mass is 127. The third kappa shape index (κ3) is 2.30. The van der Waals surface area contributed by atoms with E-state index in [1.165, 1.54) is 12.3 Å². The van der Waals surface area contributed by atoms with Crippen LogP contribution in [0.4, 0.5) is 0 Å². The van der Waals surface area contributed by atoms with Crippen LogP contribution in [0.3, 0.4) is 0 Å².